The first-order chi connectivity index (χ1) is 15.7. The van der Waals surface area contributed by atoms with Crippen LogP contribution in [0.25, 0.3) is 0 Å². The van der Waals surface area contributed by atoms with Crippen LogP contribution in [0.15, 0.2) is 48.5 Å². The van der Waals surface area contributed by atoms with Crippen LogP contribution < -0.4 is 16.0 Å². The van der Waals surface area contributed by atoms with E-state index in [1.165, 1.54) is 6.07 Å². The zero-order chi connectivity index (χ0) is 23.6. The van der Waals surface area contributed by atoms with E-state index in [0.29, 0.717) is 13.0 Å². The first kappa shape index (κ1) is 23.5. The number of carbonyl (C=O) groups is 1. The van der Waals surface area contributed by atoms with Crippen LogP contribution >= 0.6 is 0 Å². The van der Waals surface area contributed by atoms with E-state index in [1.54, 1.807) is 6.92 Å². The predicted octanol–water partition coefficient (Wildman–Crippen LogP) is 4.58. The van der Waals surface area contributed by atoms with Crippen molar-refractivity contribution in [1.82, 2.24) is 16.0 Å². The Labute approximate surface area is 189 Å². The number of nitrogens with one attached hydrogen (secondary N) is 3. The van der Waals surface area contributed by atoms with Crippen LogP contribution in [0.1, 0.15) is 48.1 Å². The SMILES string of the molecule is CC(OCC1(c2ccccc2)CCC2NC(=O)NCC2N1)c1cc(CF)cc(C(F)(F)F)c1. The van der Waals surface area contributed by atoms with Crippen LogP contribution in [0.3, 0.4) is 0 Å². The number of piperidine rings is 1. The van der Waals surface area contributed by atoms with Crippen LogP contribution in [0, 0.1) is 0 Å². The van der Waals surface area contributed by atoms with Crippen LogP contribution in [-0.4, -0.2) is 31.3 Å². The maximum atomic E-state index is 13.3. The van der Waals surface area contributed by atoms with Gasteiger partial charge in [0.05, 0.1) is 23.8 Å². The summed E-state index contributed by atoms with van der Waals surface area (Å²) in [6, 6.07) is 12.8. The first-order valence-corrected chi connectivity index (χ1v) is 11.0. The van der Waals surface area contributed by atoms with Crippen molar-refractivity contribution in [2.24, 2.45) is 0 Å². The number of amides is 2. The molecule has 4 atom stereocenters. The van der Waals surface area contributed by atoms with Gasteiger partial charge in [-0.15, -0.1) is 0 Å². The Morgan fingerprint density at radius 3 is 2.61 bits per heavy atom. The molecular weight excluding hydrogens is 438 g/mol. The van der Waals surface area contributed by atoms with Crippen LogP contribution in [0.4, 0.5) is 22.4 Å². The zero-order valence-electron chi connectivity index (χ0n) is 18.2. The summed E-state index contributed by atoms with van der Waals surface area (Å²) in [5.74, 6) is 0. The van der Waals surface area contributed by atoms with Gasteiger partial charge in [0.25, 0.3) is 0 Å². The largest absolute Gasteiger partial charge is 0.416 e. The number of halogens is 4. The minimum Gasteiger partial charge on any atom is -0.372 e. The molecule has 2 aliphatic heterocycles. The van der Waals surface area contributed by atoms with E-state index in [4.69, 9.17) is 4.74 Å². The van der Waals surface area contributed by atoms with Gasteiger partial charge < -0.3 is 15.4 Å². The summed E-state index contributed by atoms with van der Waals surface area (Å²) in [5, 5.41) is 9.36. The molecule has 0 aromatic heterocycles. The number of hydrogen-bond donors (Lipinski definition) is 3. The van der Waals surface area contributed by atoms with E-state index in [9.17, 15) is 22.4 Å². The third-order valence-electron chi connectivity index (χ3n) is 6.50. The smallest absolute Gasteiger partial charge is 0.372 e. The van der Waals surface area contributed by atoms with Crippen molar-refractivity contribution < 1.29 is 27.1 Å². The number of urea groups is 1. The number of carbonyl (C=O) groups excluding carboxylic acids is 1. The van der Waals surface area contributed by atoms with E-state index in [2.05, 4.69) is 16.0 Å². The van der Waals surface area contributed by atoms with E-state index in [1.807, 2.05) is 30.3 Å². The Kier molecular flexibility index (Phi) is 6.63. The standard InChI is InChI=1S/C24H27F4N3O2/c1-15(17-9-16(12-25)10-19(11-17)24(26,27)28)33-14-23(18-5-3-2-4-6-18)8-7-20-21(31-23)13-29-22(32)30-20/h2-6,9-11,15,20-21,31H,7-8,12-14H2,1H3,(H2,29,30,32). The molecule has 2 aliphatic rings. The van der Waals surface area contributed by atoms with Gasteiger partial charge in [-0.2, -0.15) is 13.2 Å². The maximum Gasteiger partial charge on any atom is 0.416 e. The van der Waals surface area contributed by atoms with Gasteiger partial charge in [0.2, 0.25) is 0 Å². The fourth-order valence-electron chi connectivity index (χ4n) is 4.66. The second kappa shape index (κ2) is 9.30. The average Bonchev–Trinajstić information content (AvgIpc) is 2.82. The van der Waals surface area contributed by atoms with Gasteiger partial charge in [-0.05, 0) is 48.6 Å². The summed E-state index contributed by atoms with van der Waals surface area (Å²) in [6.45, 7) is 1.36. The molecule has 33 heavy (non-hydrogen) atoms. The zero-order valence-corrected chi connectivity index (χ0v) is 18.2. The molecule has 2 aromatic carbocycles. The Morgan fingerprint density at radius 2 is 1.91 bits per heavy atom. The lowest BCUT2D eigenvalue weighted by Crippen LogP contribution is -2.69. The second-order valence-corrected chi connectivity index (χ2v) is 8.75. The van der Waals surface area contributed by atoms with E-state index in [-0.39, 0.29) is 35.8 Å². The van der Waals surface area contributed by atoms with Crippen LogP contribution in [-0.2, 0) is 23.1 Å². The molecule has 3 N–H and O–H groups in total. The molecule has 0 aliphatic carbocycles. The molecule has 0 bridgehead atoms. The van der Waals surface area contributed by atoms with Gasteiger partial charge in [0, 0.05) is 18.6 Å². The average molecular weight is 465 g/mol. The number of hydrogen-bond acceptors (Lipinski definition) is 3. The van der Waals surface area contributed by atoms with Gasteiger partial charge in [-0.25, -0.2) is 9.18 Å². The summed E-state index contributed by atoms with van der Waals surface area (Å²) < 4.78 is 59.2. The molecule has 5 nitrogen and oxygen atoms in total. The number of alkyl halides is 4. The molecule has 2 fully saturated rings. The van der Waals surface area contributed by atoms with Gasteiger partial charge >= 0.3 is 12.2 Å². The van der Waals surface area contributed by atoms with Crippen molar-refractivity contribution in [2.45, 2.75) is 56.3 Å². The van der Waals surface area contributed by atoms with Crippen molar-refractivity contribution in [3.8, 4) is 0 Å². The lowest BCUT2D eigenvalue weighted by Gasteiger charge is -2.48. The van der Waals surface area contributed by atoms with Crippen molar-refractivity contribution in [1.29, 1.82) is 0 Å². The highest BCUT2D eigenvalue weighted by Crippen LogP contribution is 2.36. The number of rotatable bonds is 6. The Hall–Kier alpha value is -2.65. The van der Waals surface area contributed by atoms with Crippen molar-refractivity contribution in [2.75, 3.05) is 13.2 Å². The van der Waals surface area contributed by atoms with E-state index < -0.39 is 30.1 Å². The molecule has 178 valence electrons. The second-order valence-electron chi connectivity index (χ2n) is 8.75. The summed E-state index contributed by atoms with van der Waals surface area (Å²) in [7, 11) is 0. The highest BCUT2D eigenvalue weighted by atomic mass is 19.4. The lowest BCUT2D eigenvalue weighted by molar-refractivity contribution is -0.137. The summed E-state index contributed by atoms with van der Waals surface area (Å²) in [4.78, 5) is 11.7. The van der Waals surface area contributed by atoms with Gasteiger partial charge in [-0.1, -0.05) is 36.4 Å². The molecule has 0 spiro atoms. The normalized spacial score (nSPS) is 26.2. The number of benzene rings is 2. The summed E-state index contributed by atoms with van der Waals surface area (Å²) in [5.41, 5.74) is -0.216. The van der Waals surface area contributed by atoms with Crippen molar-refractivity contribution >= 4 is 6.03 Å². The monoisotopic (exact) mass is 465 g/mol. The molecule has 4 unspecified atom stereocenters. The summed E-state index contributed by atoms with van der Waals surface area (Å²) in [6.07, 6.45) is -3.85. The third-order valence-corrected chi connectivity index (χ3v) is 6.50. The lowest BCUT2D eigenvalue weighted by atomic mass is 9.78. The van der Waals surface area contributed by atoms with Crippen molar-refractivity contribution in [3.63, 3.8) is 0 Å². The highest BCUT2D eigenvalue weighted by molar-refractivity contribution is 5.75. The minimum atomic E-state index is -4.57. The topological polar surface area (TPSA) is 62.4 Å². The molecular formula is C24H27F4N3O2. The summed E-state index contributed by atoms with van der Waals surface area (Å²) >= 11 is 0. The molecule has 0 radical (unpaired) electrons. The molecule has 2 saturated heterocycles. The number of fused-ring (bicyclic) bond motifs is 1. The van der Waals surface area contributed by atoms with Crippen LogP contribution in [0.5, 0.6) is 0 Å². The van der Waals surface area contributed by atoms with Crippen molar-refractivity contribution in [3.05, 3.63) is 70.8 Å². The molecule has 2 heterocycles. The molecule has 4 rings (SSSR count). The molecule has 2 amide bonds. The quantitative estimate of drug-likeness (QED) is 0.548. The Morgan fingerprint density at radius 1 is 1.15 bits per heavy atom. The third kappa shape index (κ3) is 5.14. The highest BCUT2D eigenvalue weighted by Gasteiger charge is 2.44. The van der Waals surface area contributed by atoms with E-state index in [0.717, 1.165) is 24.1 Å². The maximum absolute atomic E-state index is 13.3. The minimum absolute atomic E-state index is 0.0106. The van der Waals surface area contributed by atoms with Gasteiger partial charge in [0.15, 0.2) is 0 Å². The first-order valence-electron chi connectivity index (χ1n) is 11.0. The fourth-order valence-corrected chi connectivity index (χ4v) is 4.66. The van der Waals surface area contributed by atoms with Crippen LogP contribution in [0.2, 0.25) is 0 Å². The Bertz CT molecular complexity index is 985. The molecule has 9 heteroatoms. The Balaban J connectivity index is 1.57. The van der Waals surface area contributed by atoms with Gasteiger partial charge in [-0.3, -0.25) is 5.32 Å². The van der Waals surface area contributed by atoms with E-state index >= 15 is 0 Å². The fraction of sp³-hybridized carbons (Fsp3) is 0.458. The molecule has 0 saturated carbocycles. The van der Waals surface area contributed by atoms with Gasteiger partial charge in [0.1, 0.15) is 6.67 Å². The molecule has 2 aromatic rings. The number of ether oxygens (including phenoxy) is 1. The predicted molar refractivity (Wildman–Crippen MR) is 115 cm³/mol.